The van der Waals surface area contributed by atoms with Gasteiger partial charge in [-0.25, -0.2) is 15.3 Å². The van der Waals surface area contributed by atoms with E-state index in [9.17, 15) is 13.2 Å². The van der Waals surface area contributed by atoms with Crippen molar-refractivity contribution in [2.75, 3.05) is 22.3 Å². The van der Waals surface area contributed by atoms with Crippen molar-refractivity contribution in [1.82, 2.24) is 5.48 Å². The van der Waals surface area contributed by atoms with Crippen LogP contribution >= 0.6 is 11.6 Å². The lowest BCUT2D eigenvalue weighted by Crippen LogP contribution is -2.51. The normalized spacial score (nSPS) is 21.4. The van der Waals surface area contributed by atoms with Crippen molar-refractivity contribution in [3.8, 4) is 11.5 Å². The number of benzene rings is 2. The second kappa shape index (κ2) is 6.86. The van der Waals surface area contributed by atoms with Crippen LogP contribution in [0.15, 0.2) is 52.8 Å². The number of rotatable bonds is 4. The van der Waals surface area contributed by atoms with E-state index < -0.39 is 18.1 Å². The van der Waals surface area contributed by atoms with Crippen LogP contribution in [0, 0.1) is 0 Å². The van der Waals surface area contributed by atoms with Crippen molar-refractivity contribution < 1.29 is 27.5 Å². The molecule has 162 valence electrons. The molecule has 31 heavy (non-hydrogen) atoms. The van der Waals surface area contributed by atoms with Gasteiger partial charge in [0.15, 0.2) is 6.73 Å². The number of hydroxylamine groups is 1. The van der Waals surface area contributed by atoms with Crippen LogP contribution in [-0.2, 0) is 4.84 Å². The van der Waals surface area contributed by atoms with Gasteiger partial charge in [0.2, 0.25) is 0 Å². The lowest BCUT2D eigenvalue weighted by Gasteiger charge is -2.36. The van der Waals surface area contributed by atoms with Crippen molar-refractivity contribution in [3.63, 3.8) is 0 Å². The highest BCUT2D eigenvalue weighted by Crippen LogP contribution is 2.42. The summed E-state index contributed by atoms with van der Waals surface area (Å²) in [6.45, 7) is 2.24. The zero-order chi connectivity index (χ0) is 21.8. The van der Waals surface area contributed by atoms with Crippen LogP contribution in [0.25, 0.3) is 0 Å². The summed E-state index contributed by atoms with van der Waals surface area (Å²) >= 11 is 5.99. The quantitative estimate of drug-likeness (QED) is 0.634. The summed E-state index contributed by atoms with van der Waals surface area (Å²) in [5, 5.41) is 6.00. The molecule has 0 aliphatic carbocycles. The zero-order valence-corrected chi connectivity index (χ0v) is 16.6. The second-order valence-corrected chi connectivity index (χ2v) is 7.31. The van der Waals surface area contributed by atoms with E-state index >= 15 is 0 Å². The highest BCUT2D eigenvalue weighted by atomic mass is 35.5. The van der Waals surface area contributed by atoms with E-state index in [4.69, 9.17) is 21.2 Å². The smallest absolute Gasteiger partial charge is 0.471 e. The molecule has 3 aliphatic rings. The lowest BCUT2D eigenvalue weighted by atomic mass is 10.2. The molecule has 0 aromatic heterocycles. The molecule has 3 heterocycles. The molecule has 2 aromatic carbocycles. The Balaban J connectivity index is 1.49. The third-order valence-corrected chi connectivity index (χ3v) is 5.10. The summed E-state index contributed by atoms with van der Waals surface area (Å²) in [6, 6.07) is 9.37. The maximum absolute atomic E-state index is 12.5. The predicted molar refractivity (Wildman–Crippen MR) is 108 cm³/mol. The first kappa shape index (κ1) is 19.6. The lowest BCUT2D eigenvalue weighted by molar-refractivity contribution is -0.274. The number of allylic oxidation sites excluding steroid dienone is 1. The number of fused-ring (bicyclic) bond motifs is 3. The average Bonchev–Trinajstić information content (AvgIpc) is 3.28. The van der Waals surface area contributed by atoms with Gasteiger partial charge < -0.3 is 20.1 Å². The Hall–Kier alpha value is -3.31. The molecule has 3 N–H and O–H groups in total. The number of aliphatic imine (C=N–C) groups is 1. The predicted octanol–water partition coefficient (Wildman–Crippen LogP) is 4.38. The van der Waals surface area contributed by atoms with Gasteiger partial charge >= 0.3 is 12.3 Å². The van der Waals surface area contributed by atoms with Crippen LogP contribution in [0.1, 0.15) is 6.92 Å². The van der Waals surface area contributed by atoms with Gasteiger partial charge in [0.05, 0.1) is 16.4 Å². The van der Waals surface area contributed by atoms with Crippen LogP contribution in [0.3, 0.4) is 0 Å². The first-order valence-electron chi connectivity index (χ1n) is 9.09. The van der Waals surface area contributed by atoms with Crippen molar-refractivity contribution in [1.29, 1.82) is 0 Å². The van der Waals surface area contributed by atoms with E-state index in [1.807, 2.05) is 25.1 Å². The molecule has 1 fully saturated rings. The van der Waals surface area contributed by atoms with E-state index in [0.717, 1.165) is 28.8 Å². The summed E-state index contributed by atoms with van der Waals surface area (Å²) in [5.74, 6) is -0.555. The SMILES string of the molecule is CC1=C2NOC(Nc3ccc(OC(F)(F)F)c(Cl)c3)(N=C1)N2c1ccc2c(c1)NCO2. The minimum absolute atomic E-state index is 0.221. The van der Waals surface area contributed by atoms with E-state index in [0.29, 0.717) is 18.2 Å². The molecular formula is C19H15ClF3N5O3. The summed E-state index contributed by atoms with van der Waals surface area (Å²) in [6.07, 6.45) is -3.21. The Morgan fingerprint density at radius 3 is 2.87 bits per heavy atom. The largest absolute Gasteiger partial charge is 0.573 e. The van der Waals surface area contributed by atoms with Crippen LogP contribution in [0.4, 0.5) is 30.2 Å². The maximum atomic E-state index is 12.5. The van der Waals surface area contributed by atoms with Crippen LogP contribution in [-0.4, -0.2) is 25.3 Å². The first-order chi connectivity index (χ1) is 14.7. The Bertz CT molecular complexity index is 1120. The monoisotopic (exact) mass is 453 g/mol. The van der Waals surface area contributed by atoms with Crippen LogP contribution in [0.2, 0.25) is 5.02 Å². The first-order valence-corrected chi connectivity index (χ1v) is 9.46. The highest BCUT2D eigenvalue weighted by molar-refractivity contribution is 6.32. The molecule has 0 radical (unpaired) electrons. The van der Waals surface area contributed by atoms with Gasteiger partial charge in [0, 0.05) is 17.5 Å². The van der Waals surface area contributed by atoms with Crippen molar-refractivity contribution in [2.45, 2.75) is 19.3 Å². The van der Waals surface area contributed by atoms with Gasteiger partial charge in [-0.1, -0.05) is 11.6 Å². The van der Waals surface area contributed by atoms with E-state index in [2.05, 4.69) is 25.8 Å². The Morgan fingerprint density at radius 1 is 1.26 bits per heavy atom. The number of anilines is 3. The van der Waals surface area contributed by atoms with Gasteiger partial charge in [0.25, 0.3) is 0 Å². The topological polar surface area (TPSA) is 79.4 Å². The molecule has 3 aliphatic heterocycles. The molecule has 1 unspecified atom stereocenters. The van der Waals surface area contributed by atoms with Crippen molar-refractivity contribution in [2.24, 2.45) is 4.99 Å². The molecule has 8 nitrogen and oxygen atoms in total. The number of hydrogen-bond donors (Lipinski definition) is 3. The number of hydrogen-bond acceptors (Lipinski definition) is 8. The summed E-state index contributed by atoms with van der Waals surface area (Å²) in [7, 11) is 0. The fraction of sp³-hybridized carbons (Fsp3) is 0.211. The van der Waals surface area contributed by atoms with Crippen LogP contribution in [0.5, 0.6) is 11.5 Å². The van der Waals surface area contributed by atoms with E-state index in [1.54, 1.807) is 11.1 Å². The number of ether oxygens (including phenoxy) is 2. The molecule has 1 atom stereocenters. The maximum Gasteiger partial charge on any atom is 0.573 e. The van der Waals surface area contributed by atoms with E-state index in [1.165, 1.54) is 12.1 Å². The second-order valence-electron chi connectivity index (χ2n) is 6.90. The summed E-state index contributed by atoms with van der Waals surface area (Å²) in [4.78, 5) is 12.1. The molecule has 0 spiro atoms. The van der Waals surface area contributed by atoms with Crippen LogP contribution < -0.4 is 30.5 Å². The Labute approximate surface area is 179 Å². The van der Waals surface area contributed by atoms with Gasteiger partial charge in [-0.05, 0) is 43.3 Å². The zero-order valence-electron chi connectivity index (χ0n) is 15.9. The Morgan fingerprint density at radius 2 is 2.10 bits per heavy atom. The highest BCUT2D eigenvalue weighted by Gasteiger charge is 2.49. The third kappa shape index (κ3) is 3.45. The molecule has 0 saturated carbocycles. The van der Waals surface area contributed by atoms with Crippen molar-refractivity contribution in [3.05, 3.63) is 52.8 Å². The average molecular weight is 454 g/mol. The molecule has 5 rings (SSSR count). The van der Waals surface area contributed by atoms with Crippen molar-refractivity contribution >= 4 is 34.9 Å². The third-order valence-electron chi connectivity index (χ3n) is 4.80. The van der Waals surface area contributed by atoms with Gasteiger partial charge in [-0.2, -0.15) is 0 Å². The minimum atomic E-state index is -4.84. The summed E-state index contributed by atoms with van der Waals surface area (Å²) in [5.41, 5.74) is 5.61. The molecule has 2 aromatic rings. The Kier molecular flexibility index (Phi) is 4.34. The number of nitrogens with zero attached hydrogens (tertiary/aromatic N) is 2. The minimum Gasteiger partial charge on any atom is -0.471 e. The van der Waals surface area contributed by atoms with Gasteiger partial charge in [-0.3, -0.25) is 4.90 Å². The number of nitrogens with one attached hydrogen (secondary N) is 3. The molecule has 12 heteroatoms. The molecule has 2 bridgehead atoms. The number of alkyl halides is 3. The summed E-state index contributed by atoms with van der Waals surface area (Å²) < 4.78 is 46.9. The van der Waals surface area contributed by atoms with Gasteiger partial charge in [-0.15, -0.1) is 13.2 Å². The van der Waals surface area contributed by atoms with Gasteiger partial charge in [0.1, 0.15) is 17.3 Å². The van der Waals surface area contributed by atoms with E-state index in [-0.39, 0.29) is 5.02 Å². The fourth-order valence-corrected chi connectivity index (χ4v) is 3.67. The standard InChI is InChI=1S/C19H15ClF3N5O3/c1-10-8-25-19(26-11-2-4-15(13(20)6-11)30-18(21,22)23)28(17(10)27-31-19)12-3-5-16-14(7-12)24-9-29-16/h2-8,24,26-27H,9H2,1H3. The molecule has 0 amide bonds. The molecular weight excluding hydrogens is 439 g/mol. The fourth-order valence-electron chi connectivity index (χ4n) is 3.45. The molecule has 1 saturated heterocycles. The number of halogens is 4.